The Labute approximate surface area is 126 Å². The van der Waals surface area contributed by atoms with Gasteiger partial charge in [-0.1, -0.05) is 13.8 Å². The third-order valence-corrected chi connectivity index (χ3v) is 7.58. The molecule has 1 unspecified atom stereocenters. The van der Waals surface area contributed by atoms with Gasteiger partial charge in [0.05, 0.1) is 11.5 Å². The van der Waals surface area contributed by atoms with Crippen molar-refractivity contribution < 1.29 is 14.3 Å². The van der Waals surface area contributed by atoms with Crippen molar-refractivity contribution in [3.63, 3.8) is 0 Å². The average Bonchev–Trinajstić information content (AvgIpc) is 2.76. The van der Waals surface area contributed by atoms with Gasteiger partial charge in [0.2, 0.25) is 0 Å². The second kappa shape index (κ2) is 4.41. The lowest BCUT2D eigenvalue weighted by atomic mass is 9.46. The summed E-state index contributed by atoms with van der Waals surface area (Å²) in [6.07, 6.45) is 7.16. The van der Waals surface area contributed by atoms with Gasteiger partial charge in [-0.15, -0.1) is 0 Å². The summed E-state index contributed by atoms with van der Waals surface area (Å²) in [6.45, 7) is 4.87. The van der Waals surface area contributed by atoms with E-state index >= 15 is 0 Å². The third kappa shape index (κ3) is 1.76. The summed E-state index contributed by atoms with van der Waals surface area (Å²) in [7, 11) is 0. The number of ether oxygens (including phenoxy) is 1. The minimum atomic E-state index is -0.227. The van der Waals surface area contributed by atoms with Crippen molar-refractivity contribution >= 4 is 11.6 Å². The summed E-state index contributed by atoms with van der Waals surface area (Å²) in [5.74, 6) is 2.53. The van der Waals surface area contributed by atoms with Gasteiger partial charge >= 0.3 is 0 Å². The minimum absolute atomic E-state index is 0.138. The van der Waals surface area contributed by atoms with E-state index in [0.717, 1.165) is 44.9 Å². The van der Waals surface area contributed by atoms with Crippen molar-refractivity contribution in [1.29, 1.82) is 0 Å². The van der Waals surface area contributed by atoms with Gasteiger partial charge < -0.3 is 4.74 Å². The molecule has 116 valence electrons. The second-order valence-electron chi connectivity index (χ2n) is 8.40. The number of carbonyl (C=O) groups is 2. The van der Waals surface area contributed by atoms with E-state index in [2.05, 4.69) is 13.8 Å². The van der Waals surface area contributed by atoms with Crippen LogP contribution in [0.4, 0.5) is 0 Å². The lowest BCUT2D eigenvalue weighted by molar-refractivity contribution is -0.150. The fraction of sp³-hybridized carbons (Fsp3) is 0.889. The summed E-state index contributed by atoms with van der Waals surface area (Å²) in [6, 6.07) is 0. The Kier molecular flexibility index (Phi) is 2.92. The maximum atomic E-state index is 12.2. The van der Waals surface area contributed by atoms with E-state index < -0.39 is 0 Å². The summed E-state index contributed by atoms with van der Waals surface area (Å²) in [5, 5.41) is 0. The first-order valence-electron chi connectivity index (χ1n) is 8.62. The van der Waals surface area contributed by atoms with Crippen LogP contribution in [0.25, 0.3) is 0 Å². The Morgan fingerprint density at radius 3 is 2.71 bits per heavy atom. The van der Waals surface area contributed by atoms with Gasteiger partial charge in [-0.05, 0) is 55.3 Å². The molecule has 0 bridgehead atoms. The fourth-order valence-corrected chi connectivity index (χ4v) is 6.14. The smallest absolute Gasteiger partial charge is 0.166 e. The summed E-state index contributed by atoms with van der Waals surface area (Å²) in [4.78, 5) is 24.1. The maximum Gasteiger partial charge on any atom is 0.166 e. The second-order valence-corrected chi connectivity index (χ2v) is 8.40. The highest BCUT2D eigenvalue weighted by atomic mass is 16.5. The number of ketones is 2. The van der Waals surface area contributed by atoms with E-state index in [1.165, 1.54) is 0 Å². The van der Waals surface area contributed by atoms with Crippen LogP contribution in [-0.4, -0.2) is 24.3 Å². The fourth-order valence-electron chi connectivity index (χ4n) is 6.14. The zero-order valence-electron chi connectivity index (χ0n) is 13.2. The molecule has 1 aliphatic heterocycles. The topological polar surface area (TPSA) is 43.4 Å². The van der Waals surface area contributed by atoms with Gasteiger partial charge in [0.15, 0.2) is 5.78 Å². The maximum absolute atomic E-state index is 12.2. The highest BCUT2D eigenvalue weighted by molar-refractivity contribution is 5.88. The molecule has 0 N–H and O–H groups in total. The van der Waals surface area contributed by atoms with Crippen LogP contribution in [0.2, 0.25) is 0 Å². The Hall–Kier alpha value is -0.700. The van der Waals surface area contributed by atoms with E-state index in [9.17, 15) is 9.59 Å². The first-order valence-corrected chi connectivity index (χ1v) is 8.62. The van der Waals surface area contributed by atoms with Crippen LogP contribution in [-0.2, 0) is 14.3 Å². The molecule has 3 saturated carbocycles. The summed E-state index contributed by atoms with van der Waals surface area (Å²) < 4.78 is 5.97. The molecular formula is C18H26O3. The molecule has 0 aromatic rings. The molecule has 3 heteroatoms. The lowest BCUT2D eigenvalue weighted by Gasteiger charge is -2.58. The number of rotatable bonds is 0. The predicted octanol–water partition coefficient (Wildman–Crippen LogP) is 3.16. The van der Waals surface area contributed by atoms with Gasteiger partial charge in [0.25, 0.3) is 0 Å². The van der Waals surface area contributed by atoms with E-state index in [1.54, 1.807) is 0 Å². The van der Waals surface area contributed by atoms with Crippen molar-refractivity contribution in [2.45, 2.75) is 64.9 Å². The van der Waals surface area contributed by atoms with E-state index in [-0.39, 0.29) is 11.5 Å². The number of carbonyl (C=O) groups excluding carboxylic acids is 2. The molecule has 1 heterocycles. The zero-order chi connectivity index (χ0) is 14.8. The first-order chi connectivity index (χ1) is 9.95. The first kappa shape index (κ1) is 13.9. The van der Waals surface area contributed by atoms with Crippen molar-refractivity contribution in [3.05, 3.63) is 0 Å². The van der Waals surface area contributed by atoms with Crippen LogP contribution in [0, 0.1) is 28.6 Å². The molecule has 0 aromatic carbocycles. The Morgan fingerprint density at radius 1 is 1.10 bits per heavy atom. The quantitative estimate of drug-likeness (QED) is 0.688. The van der Waals surface area contributed by atoms with Gasteiger partial charge in [0, 0.05) is 12.8 Å². The van der Waals surface area contributed by atoms with Crippen LogP contribution in [0.3, 0.4) is 0 Å². The molecule has 1 saturated heterocycles. The molecule has 0 spiro atoms. The van der Waals surface area contributed by atoms with E-state index in [0.29, 0.717) is 41.3 Å². The number of hydrogen-bond acceptors (Lipinski definition) is 3. The van der Waals surface area contributed by atoms with E-state index in [1.807, 2.05) is 0 Å². The van der Waals surface area contributed by atoms with Gasteiger partial charge in [-0.25, -0.2) is 0 Å². The SMILES string of the molecule is C[C@]12CCC(=O)CC1CC[C@@H]1[C@H]2CC[C@]2(C)C(=O)CO[C@@H]12. The summed E-state index contributed by atoms with van der Waals surface area (Å²) >= 11 is 0. The Bertz CT molecular complexity index is 499. The monoisotopic (exact) mass is 290 g/mol. The van der Waals surface area contributed by atoms with Gasteiger partial charge in [-0.2, -0.15) is 0 Å². The number of hydrogen-bond donors (Lipinski definition) is 0. The Balaban J connectivity index is 1.65. The average molecular weight is 290 g/mol. The van der Waals surface area contributed by atoms with Crippen LogP contribution in [0.1, 0.15) is 58.8 Å². The molecule has 4 aliphatic rings. The lowest BCUT2D eigenvalue weighted by Crippen LogP contribution is -2.55. The van der Waals surface area contributed by atoms with Crippen molar-refractivity contribution in [2.24, 2.45) is 28.6 Å². The molecule has 21 heavy (non-hydrogen) atoms. The largest absolute Gasteiger partial charge is 0.369 e. The molecule has 0 radical (unpaired) electrons. The van der Waals surface area contributed by atoms with Crippen LogP contribution in [0.15, 0.2) is 0 Å². The highest BCUT2D eigenvalue weighted by Gasteiger charge is 2.61. The van der Waals surface area contributed by atoms with Crippen molar-refractivity contribution in [1.82, 2.24) is 0 Å². The third-order valence-electron chi connectivity index (χ3n) is 7.58. The number of fused-ring (bicyclic) bond motifs is 5. The predicted molar refractivity (Wildman–Crippen MR) is 78.8 cm³/mol. The normalized spacial score (nSPS) is 53.0. The molecule has 6 atom stereocenters. The molecule has 0 amide bonds. The van der Waals surface area contributed by atoms with Crippen LogP contribution >= 0.6 is 0 Å². The molecule has 3 nitrogen and oxygen atoms in total. The number of Topliss-reactive ketones (excluding diaryl/α,β-unsaturated/α-hetero) is 2. The van der Waals surface area contributed by atoms with Crippen LogP contribution < -0.4 is 0 Å². The standard InChI is InChI=1S/C18H26O3/c1-17-7-5-12(19)9-11(17)3-4-13-14(17)6-8-18(2)15(20)10-21-16(13)18/h11,13-14,16H,3-10H2,1-2H3/t11?,13-,14-,16+,17+,18-/m1/s1. The molecule has 3 aliphatic carbocycles. The minimum Gasteiger partial charge on any atom is -0.369 e. The van der Waals surface area contributed by atoms with Gasteiger partial charge in [0.1, 0.15) is 12.4 Å². The highest BCUT2D eigenvalue weighted by Crippen LogP contribution is 2.62. The van der Waals surface area contributed by atoms with Gasteiger partial charge in [-0.3, -0.25) is 9.59 Å². The van der Waals surface area contributed by atoms with E-state index in [4.69, 9.17) is 4.74 Å². The van der Waals surface area contributed by atoms with Crippen LogP contribution in [0.5, 0.6) is 0 Å². The molecular weight excluding hydrogens is 264 g/mol. The summed E-state index contributed by atoms with van der Waals surface area (Å²) in [5.41, 5.74) is 0.0714. The van der Waals surface area contributed by atoms with Crippen molar-refractivity contribution in [3.8, 4) is 0 Å². The molecule has 0 aromatic heterocycles. The van der Waals surface area contributed by atoms with Crippen molar-refractivity contribution in [2.75, 3.05) is 6.61 Å². The zero-order valence-corrected chi connectivity index (χ0v) is 13.2. The molecule has 4 rings (SSSR count). The Morgan fingerprint density at radius 2 is 1.90 bits per heavy atom. The molecule has 4 fully saturated rings.